The van der Waals surface area contributed by atoms with Crippen LogP contribution in [0.2, 0.25) is 5.02 Å². The van der Waals surface area contributed by atoms with Crippen LogP contribution in [-0.2, 0) is 4.79 Å². The molecule has 4 heterocycles. The molecule has 4 aromatic rings. The van der Waals surface area contributed by atoms with Crippen LogP contribution in [0.3, 0.4) is 0 Å². The monoisotopic (exact) mass is 625 g/mol. The molecule has 2 aliphatic heterocycles. The highest BCUT2D eigenvalue weighted by molar-refractivity contribution is 6.36. The van der Waals surface area contributed by atoms with Gasteiger partial charge in [0.1, 0.15) is 12.4 Å². The van der Waals surface area contributed by atoms with E-state index in [2.05, 4.69) is 17.5 Å². The van der Waals surface area contributed by atoms with Gasteiger partial charge in [-0.1, -0.05) is 48.5 Å². The van der Waals surface area contributed by atoms with Crippen LogP contribution in [0.15, 0.2) is 60.9 Å². The van der Waals surface area contributed by atoms with E-state index in [1.54, 1.807) is 0 Å². The summed E-state index contributed by atoms with van der Waals surface area (Å²) in [5.41, 5.74) is 2.07. The molecule has 230 valence electrons. The molecule has 2 atom stereocenters. The SMILES string of the molecule is C=C(F)C(=O)N1CCN(c2nc(OCC3CCCN3C3CC3)nc3nc(-c4cccc5cccc(Cl)c45)ccc23)CC1CC#N. The van der Waals surface area contributed by atoms with Gasteiger partial charge in [0.05, 0.1) is 29.6 Å². The average Bonchev–Trinajstić information content (AvgIpc) is 3.79. The van der Waals surface area contributed by atoms with Gasteiger partial charge in [-0.15, -0.1) is 0 Å². The van der Waals surface area contributed by atoms with Crippen LogP contribution < -0.4 is 9.64 Å². The molecule has 3 aliphatic rings. The first-order chi connectivity index (χ1) is 21.9. The summed E-state index contributed by atoms with van der Waals surface area (Å²) >= 11 is 6.65. The van der Waals surface area contributed by atoms with Crippen LogP contribution in [0.5, 0.6) is 6.01 Å². The van der Waals surface area contributed by atoms with E-state index in [9.17, 15) is 14.4 Å². The fourth-order valence-corrected chi connectivity index (χ4v) is 7.07. The Morgan fingerprint density at radius 3 is 2.64 bits per heavy atom. The summed E-state index contributed by atoms with van der Waals surface area (Å²) in [4.78, 5) is 33.1. The van der Waals surface area contributed by atoms with Crippen molar-refractivity contribution in [2.75, 3.05) is 37.7 Å². The van der Waals surface area contributed by atoms with E-state index in [-0.39, 0.29) is 25.5 Å². The predicted molar refractivity (Wildman–Crippen MR) is 172 cm³/mol. The Kier molecular flexibility index (Phi) is 7.98. The Morgan fingerprint density at radius 1 is 1.04 bits per heavy atom. The topological polar surface area (TPSA) is 98.5 Å². The summed E-state index contributed by atoms with van der Waals surface area (Å²) < 4.78 is 20.1. The van der Waals surface area contributed by atoms with E-state index in [0.29, 0.717) is 52.8 Å². The smallest absolute Gasteiger partial charge is 0.320 e. The lowest BCUT2D eigenvalue weighted by Gasteiger charge is -2.41. The highest BCUT2D eigenvalue weighted by atomic mass is 35.5. The number of piperazine rings is 1. The Bertz CT molecular complexity index is 1840. The Morgan fingerprint density at radius 2 is 1.87 bits per heavy atom. The highest BCUT2D eigenvalue weighted by Gasteiger charge is 2.37. The zero-order chi connectivity index (χ0) is 31.1. The maximum absolute atomic E-state index is 13.8. The lowest BCUT2D eigenvalue weighted by molar-refractivity contribution is -0.131. The number of amides is 1. The van der Waals surface area contributed by atoms with Crippen molar-refractivity contribution in [3.05, 3.63) is 66.0 Å². The molecule has 1 amide bonds. The van der Waals surface area contributed by atoms with Crippen LogP contribution in [0, 0.1) is 11.3 Å². The predicted octanol–water partition coefficient (Wildman–Crippen LogP) is 5.92. The summed E-state index contributed by atoms with van der Waals surface area (Å²) in [6.07, 6.45) is 4.76. The van der Waals surface area contributed by atoms with Crippen molar-refractivity contribution in [2.24, 2.45) is 0 Å². The summed E-state index contributed by atoms with van der Waals surface area (Å²) in [6.45, 7) is 5.64. The number of pyridine rings is 1. The molecule has 1 aliphatic carbocycles. The molecule has 2 aromatic carbocycles. The van der Waals surface area contributed by atoms with Gasteiger partial charge in [-0.2, -0.15) is 15.2 Å². The number of carbonyl (C=O) groups is 1. The van der Waals surface area contributed by atoms with Crippen molar-refractivity contribution < 1.29 is 13.9 Å². The van der Waals surface area contributed by atoms with Gasteiger partial charge in [0.2, 0.25) is 0 Å². The third-order valence-corrected chi connectivity index (χ3v) is 9.41. The molecule has 1 saturated carbocycles. The number of nitriles is 1. The van der Waals surface area contributed by atoms with Crippen molar-refractivity contribution >= 4 is 45.1 Å². The number of hydrogen-bond acceptors (Lipinski definition) is 8. The van der Waals surface area contributed by atoms with Gasteiger partial charge in [-0.3, -0.25) is 9.69 Å². The summed E-state index contributed by atoms with van der Waals surface area (Å²) in [6, 6.07) is 18.5. The quantitative estimate of drug-likeness (QED) is 0.223. The summed E-state index contributed by atoms with van der Waals surface area (Å²) in [5.74, 6) is -1.22. The van der Waals surface area contributed by atoms with E-state index in [1.807, 2.05) is 53.4 Å². The van der Waals surface area contributed by atoms with E-state index in [4.69, 9.17) is 31.3 Å². The third kappa shape index (κ3) is 5.78. The van der Waals surface area contributed by atoms with Crippen molar-refractivity contribution in [1.82, 2.24) is 24.8 Å². The van der Waals surface area contributed by atoms with E-state index in [0.717, 1.165) is 35.7 Å². The molecule has 2 aromatic heterocycles. The molecule has 0 radical (unpaired) electrons. The maximum atomic E-state index is 13.8. The number of aromatic nitrogens is 3. The number of benzene rings is 2. The molecule has 9 nitrogen and oxygen atoms in total. The number of hydrogen-bond donors (Lipinski definition) is 0. The molecule has 2 unspecified atom stereocenters. The van der Waals surface area contributed by atoms with Crippen molar-refractivity contribution in [3.8, 4) is 23.3 Å². The number of carbonyl (C=O) groups excluding carboxylic acids is 1. The zero-order valence-electron chi connectivity index (χ0n) is 24.8. The Labute approximate surface area is 265 Å². The second kappa shape index (κ2) is 12.2. The lowest BCUT2D eigenvalue weighted by atomic mass is 10.0. The molecule has 11 heteroatoms. The molecular formula is C34H33ClFN7O2. The van der Waals surface area contributed by atoms with E-state index < -0.39 is 17.8 Å². The number of fused-ring (bicyclic) bond motifs is 2. The van der Waals surface area contributed by atoms with E-state index in [1.165, 1.54) is 17.7 Å². The second-order valence-electron chi connectivity index (χ2n) is 12.0. The average molecular weight is 626 g/mol. The van der Waals surface area contributed by atoms with Gasteiger partial charge in [0.25, 0.3) is 5.91 Å². The van der Waals surface area contributed by atoms with Crippen LogP contribution in [0.1, 0.15) is 32.1 Å². The molecule has 0 N–H and O–H groups in total. The van der Waals surface area contributed by atoms with Crippen molar-refractivity contribution in [3.63, 3.8) is 0 Å². The molecule has 3 fully saturated rings. The fourth-order valence-electron chi connectivity index (χ4n) is 6.78. The summed E-state index contributed by atoms with van der Waals surface area (Å²) in [5, 5.41) is 12.8. The van der Waals surface area contributed by atoms with Crippen LogP contribution in [-0.4, -0.2) is 81.6 Å². The first-order valence-corrected chi connectivity index (χ1v) is 15.8. The number of halogens is 2. The minimum Gasteiger partial charge on any atom is -0.462 e. The van der Waals surface area contributed by atoms with Crippen molar-refractivity contribution in [2.45, 2.75) is 50.2 Å². The molecule has 45 heavy (non-hydrogen) atoms. The second-order valence-corrected chi connectivity index (χ2v) is 12.4. The van der Waals surface area contributed by atoms with Gasteiger partial charge in [-0.05, 0) is 55.8 Å². The molecular weight excluding hydrogens is 593 g/mol. The van der Waals surface area contributed by atoms with E-state index >= 15 is 0 Å². The molecule has 2 saturated heterocycles. The number of anilines is 1. The summed E-state index contributed by atoms with van der Waals surface area (Å²) in [7, 11) is 0. The minimum atomic E-state index is -1.04. The maximum Gasteiger partial charge on any atom is 0.320 e. The third-order valence-electron chi connectivity index (χ3n) is 9.09. The van der Waals surface area contributed by atoms with Gasteiger partial charge in [-0.25, -0.2) is 9.37 Å². The highest BCUT2D eigenvalue weighted by Crippen LogP contribution is 2.36. The standard InChI is InChI=1S/C34H33ClFN7O2/c1-21(36)33(44)43-18-17-41(19-24(43)14-15-37)32-27-12-13-29(26-8-2-5-22-6-3-9-28(35)30(22)26)38-31(27)39-34(40-32)45-20-25-7-4-16-42(25)23-10-11-23/h2-3,5-6,8-9,12-13,23-25H,1,4,7,10-11,14,16-20H2. The number of rotatable bonds is 8. The first-order valence-electron chi connectivity index (χ1n) is 15.4. The largest absolute Gasteiger partial charge is 0.462 e. The first kappa shape index (κ1) is 29.4. The number of ether oxygens (including phenoxy) is 1. The molecule has 0 spiro atoms. The van der Waals surface area contributed by atoms with Crippen LogP contribution in [0.4, 0.5) is 10.2 Å². The fraction of sp³-hybridized carbons (Fsp3) is 0.382. The van der Waals surface area contributed by atoms with Crippen molar-refractivity contribution in [1.29, 1.82) is 5.26 Å². The normalized spacial score (nSPS) is 20.5. The lowest BCUT2D eigenvalue weighted by Crippen LogP contribution is -2.55. The minimum absolute atomic E-state index is 0.0464. The van der Waals surface area contributed by atoms with Gasteiger partial charge >= 0.3 is 6.01 Å². The number of nitrogens with zero attached hydrogens (tertiary/aromatic N) is 7. The number of likely N-dealkylation sites (tertiary alicyclic amines) is 1. The van der Waals surface area contributed by atoms with Gasteiger partial charge in [0.15, 0.2) is 11.5 Å². The molecule has 7 rings (SSSR count). The zero-order valence-corrected chi connectivity index (χ0v) is 25.6. The van der Waals surface area contributed by atoms with Gasteiger partial charge < -0.3 is 14.5 Å². The Balaban J connectivity index is 1.27. The van der Waals surface area contributed by atoms with Crippen LogP contribution in [0.25, 0.3) is 33.1 Å². The van der Waals surface area contributed by atoms with Crippen LogP contribution >= 0.6 is 11.6 Å². The van der Waals surface area contributed by atoms with Gasteiger partial charge in [0, 0.05) is 47.7 Å². The Hall–Kier alpha value is -4.33. The molecule has 0 bridgehead atoms.